The molecule has 3 heterocycles. The molecule has 3 aliphatic rings. The number of aromatic nitrogens is 1. The number of fused-ring (bicyclic) bond motifs is 3. The van der Waals surface area contributed by atoms with Crippen LogP contribution in [0.25, 0.3) is 10.9 Å². The van der Waals surface area contributed by atoms with Crippen molar-refractivity contribution in [1.29, 1.82) is 0 Å². The topological polar surface area (TPSA) is 25.2 Å². The SMILES string of the molecule is O=C1CCCC2c3c(c4ccccc4n31)CCN2C1CCCCCC1. The van der Waals surface area contributed by atoms with Crippen LogP contribution in [0.5, 0.6) is 0 Å². The highest BCUT2D eigenvalue weighted by Crippen LogP contribution is 2.43. The van der Waals surface area contributed by atoms with Crippen molar-refractivity contribution >= 4 is 16.8 Å². The van der Waals surface area contributed by atoms with Crippen LogP contribution in [0.15, 0.2) is 24.3 Å². The van der Waals surface area contributed by atoms with Gasteiger partial charge in [-0.1, -0.05) is 43.9 Å². The molecule has 0 bridgehead atoms. The number of benzene rings is 1. The highest BCUT2D eigenvalue weighted by molar-refractivity contribution is 5.96. The molecule has 2 aliphatic heterocycles. The third-order valence-corrected chi connectivity index (χ3v) is 6.77. The smallest absolute Gasteiger partial charge is 0.231 e. The van der Waals surface area contributed by atoms with Gasteiger partial charge in [-0.15, -0.1) is 0 Å². The van der Waals surface area contributed by atoms with Crippen molar-refractivity contribution < 1.29 is 4.79 Å². The predicted molar refractivity (Wildman–Crippen MR) is 101 cm³/mol. The van der Waals surface area contributed by atoms with E-state index in [0.717, 1.165) is 30.8 Å². The van der Waals surface area contributed by atoms with E-state index < -0.39 is 0 Å². The number of nitrogens with zero attached hydrogens (tertiary/aromatic N) is 2. The summed E-state index contributed by atoms with van der Waals surface area (Å²) in [6.45, 7) is 1.17. The minimum absolute atomic E-state index is 0.308. The monoisotopic (exact) mass is 336 g/mol. The summed E-state index contributed by atoms with van der Waals surface area (Å²) >= 11 is 0. The van der Waals surface area contributed by atoms with Gasteiger partial charge in [-0.05, 0) is 43.7 Å². The number of para-hydroxylation sites is 1. The lowest BCUT2D eigenvalue weighted by Gasteiger charge is -2.41. The maximum absolute atomic E-state index is 12.9. The Labute approximate surface area is 150 Å². The van der Waals surface area contributed by atoms with Gasteiger partial charge in [0.15, 0.2) is 0 Å². The summed E-state index contributed by atoms with van der Waals surface area (Å²) in [4.78, 5) is 15.7. The number of rotatable bonds is 1. The third kappa shape index (κ3) is 2.47. The van der Waals surface area contributed by atoms with Crippen LogP contribution in [0.4, 0.5) is 0 Å². The fourth-order valence-electron chi connectivity index (χ4n) is 5.65. The van der Waals surface area contributed by atoms with E-state index >= 15 is 0 Å². The Kier molecular flexibility index (Phi) is 3.93. The van der Waals surface area contributed by atoms with Gasteiger partial charge in [0.05, 0.1) is 11.6 Å². The Balaban J connectivity index is 1.64. The molecule has 5 rings (SSSR count). The molecule has 3 heteroatoms. The van der Waals surface area contributed by atoms with Crippen LogP contribution in [0.3, 0.4) is 0 Å². The van der Waals surface area contributed by atoms with Crippen molar-refractivity contribution in [2.75, 3.05) is 6.54 Å². The van der Waals surface area contributed by atoms with Crippen LogP contribution < -0.4 is 0 Å². The molecule has 0 N–H and O–H groups in total. The van der Waals surface area contributed by atoms with Crippen LogP contribution >= 0.6 is 0 Å². The van der Waals surface area contributed by atoms with Gasteiger partial charge in [-0.25, -0.2) is 0 Å². The van der Waals surface area contributed by atoms with Gasteiger partial charge in [-0.3, -0.25) is 14.3 Å². The van der Waals surface area contributed by atoms with Gasteiger partial charge < -0.3 is 0 Å². The third-order valence-electron chi connectivity index (χ3n) is 6.77. The van der Waals surface area contributed by atoms with E-state index in [-0.39, 0.29) is 0 Å². The lowest BCUT2D eigenvalue weighted by atomic mass is 9.91. The van der Waals surface area contributed by atoms with Gasteiger partial charge in [0, 0.05) is 30.1 Å². The highest BCUT2D eigenvalue weighted by Gasteiger charge is 2.38. The largest absolute Gasteiger partial charge is 0.292 e. The Bertz CT molecular complexity index is 798. The number of hydrogen-bond donors (Lipinski definition) is 0. The van der Waals surface area contributed by atoms with Crippen LogP contribution in [-0.2, 0) is 6.42 Å². The zero-order valence-electron chi connectivity index (χ0n) is 15.0. The first-order chi connectivity index (χ1) is 12.3. The average Bonchev–Trinajstić information content (AvgIpc) is 2.79. The summed E-state index contributed by atoms with van der Waals surface area (Å²) in [5.74, 6) is 0.308. The Morgan fingerprint density at radius 3 is 2.52 bits per heavy atom. The standard InChI is InChI=1S/C22H28N2O/c25-21-13-7-12-20-22-18(17-10-5-6-11-19(17)24(21)22)14-15-23(20)16-8-3-1-2-4-9-16/h5-6,10-11,16,20H,1-4,7-9,12-15H2. The summed E-state index contributed by atoms with van der Waals surface area (Å²) in [6.07, 6.45) is 12.2. The minimum Gasteiger partial charge on any atom is -0.292 e. The van der Waals surface area contributed by atoms with Crippen molar-refractivity contribution in [2.24, 2.45) is 0 Å². The second-order valence-corrected chi connectivity index (χ2v) is 8.15. The van der Waals surface area contributed by atoms with Crippen LogP contribution in [0.2, 0.25) is 0 Å². The van der Waals surface area contributed by atoms with Crippen molar-refractivity contribution in [2.45, 2.75) is 76.3 Å². The molecule has 0 saturated heterocycles. The molecule has 3 nitrogen and oxygen atoms in total. The van der Waals surface area contributed by atoms with E-state index in [4.69, 9.17) is 0 Å². The van der Waals surface area contributed by atoms with Crippen molar-refractivity contribution in [1.82, 2.24) is 9.47 Å². The Morgan fingerprint density at radius 2 is 1.68 bits per heavy atom. The van der Waals surface area contributed by atoms with E-state index in [1.54, 1.807) is 0 Å². The van der Waals surface area contributed by atoms with Gasteiger partial charge in [0.25, 0.3) is 0 Å². The molecule has 25 heavy (non-hydrogen) atoms. The lowest BCUT2D eigenvalue weighted by Crippen LogP contribution is -2.43. The van der Waals surface area contributed by atoms with E-state index in [2.05, 4.69) is 33.7 Å². The molecular weight excluding hydrogens is 308 g/mol. The van der Waals surface area contributed by atoms with Crippen molar-refractivity contribution in [3.63, 3.8) is 0 Å². The molecule has 132 valence electrons. The molecule has 1 unspecified atom stereocenters. The predicted octanol–water partition coefficient (Wildman–Crippen LogP) is 5.09. The fourth-order valence-corrected chi connectivity index (χ4v) is 5.65. The van der Waals surface area contributed by atoms with Gasteiger partial charge in [0.1, 0.15) is 0 Å². The number of hydrogen-bond acceptors (Lipinski definition) is 2. The quantitative estimate of drug-likeness (QED) is 0.678. The lowest BCUT2D eigenvalue weighted by molar-refractivity contribution is 0.0897. The normalized spacial score (nSPS) is 25.6. The van der Waals surface area contributed by atoms with Gasteiger partial charge in [-0.2, -0.15) is 0 Å². The van der Waals surface area contributed by atoms with Crippen molar-refractivity contribution in [3.8, 4) is 0 Å². The Hall–Kier alpha value is -1.61. The second-order valence-electron chi connectivity index (χ2n) is 8.15. The first-order valence-electron chi connectivity index (χ1n) is 10.3. The second kappa shape index (κ2) is 6.28. The molecule has 1 aliphatic carbocycles. The summed E-state index contributed by atoms with van der Waals surface area (Å²) in [5.41, 5.74) is 3.95. The van der Waals surface area contributed by atoms with Crippen molar-refractivity contribution in [3.05, 3.63) is 35.5 Å². The van der Waals surface area contributed by atoms with E-state index in [9.17, 15) is 4.79 Å². The molecule has 0 spiro atoms. The summed E-state index contributed by atoms with van der Waals surface area (Å²) in [5, 5.41) is 1.32. The van der Waals surface area contributed by atoms with Crippen LogP contribution in [0.1, 0.15) is 79.9 Å². The number of carbonyl (C=O) groups is 1. The molecule has 1 atom stereocenters. The maximum Gasteiger partial charge on any atom is 0.231 e. The van der Waals surface area contributed by atoms with E-state index in [1.807, 2.05) is 0 Å². The van der Waals surface area contributed by atoms with Crippen LogP contribution in [0, 0.1) is 0 Å². The highest BCUT2D eigenvalue weighted by atomic mass is 16.2. The molecule has 1 aromatic heterocycles. The average molecular weight is 336 g/mol. The van der Waals surface area contributed by atoms with Crippen LogP contribution in [-0.4, -0.2) is 28.0 Å². The number of carbonyl (C=O) groups excluding carboxylic acids is 1. The van der Waals surface area contributed by atoms with E-state index in [0.29, 0.717) is 18.4 Å². The van der Waals surface area contributed by atoms with E-state index in [1.165, 1.54) is 61.7 Å². The fraction of sp³-hybridized carbons (Fsp3) is 0.591. The zero-order chi connectivity index (χ0) is 16.8. The van der Waals surface area contributed by atoms with Gasteiger partial charge in [0.2, 0.25) is 5.91 Å². The minimum atomic E-state index is 0.308. The molecule has 1 aromatic carbocycles. The summed E-state index contributed by atoms with van der Waals surface area (Å²) < 4.78 is 2.10. The summed E-state index contributed by atoms with van der Waals surface area (Å²) in [6, 6.07) is 9.73. The molecule has 0 amide bonds. The molecule has 1 fully saturated rings. The summed E-state index contributed by atoms with van der Waals surface area (Å²) in [7, 11) is 0. The molecule has 1 saturated carbocycles. The maximum atomic E-state index is 12.9. The van der Waals surface area contributed by atoms with Gasteiger partial charge >= 0.3 is 0 Å². The Morgan fingerprint density at radius 1 is 0.880 bits per heavy atom. The molecular formula is C22H28N2O. The molecule has 2 aromatic rings. The molecule has 0 radical (unpaired) electrons. The zero-order valence-corrected chi connectivity index (χ0v) is 15.0. The first-order valence-corrected chi connectivity index (χ1v) is 10.3. The first kappa shape index (κ1) is 15.6.